The van der Waals surface area contributed by atoms with Gasteiger partial charge in [-0.15, -0.1) is 10.2 Å². The van der Waals surface area contributed by atoms with Gasteiger partial charge in [-0.25, -0.2) is 0 Å². The van der Waals surface area contributed by atoms with Crippen molar-refractivity contribution in [3.8, 4) is 11.4 Å². The summed E-state index contributed by atoms with van der Waals surface area (Å²) in [6, 6.07) is 8.19. The van der Waals surface area contributed by atoms with Crippen LogP contribution in [0.2, 0.25) is 5.02 Å². The molecule has 1 amide bonds. The third-order valence-electron chi connectivity index (χ3n) is 4.76. The van der Waals surface area contributed by atoms with Crippen LogP contribution in [0.5, 0.6) is 0 Å². The van der Waals surface area contributed by atoms with Gasteiger partial charge in [-0.2, -0.15) is 0 Å². The molecule has 2 atom stereocenters. The Hall–Kier alpha value is -1.53. The fraction of sp³-hybridized carbons (Fsp3) is 0.500. The monoisotopic (exact) mass is 378 g/mol. The lowest BCUT2D eigenvalue weighted by Gasteiger charge is -2.39. The average molecular weight is 379 g/mol. The molecule has 3 rings (SSSR count). The third-order valence-corrected chi connectivity index (χ3v) is 6.09. The molecule has 0 aliphatic carbocycles. The molecule has 5 nitrogen and oxygen atoms in total. The highest BCUT2D eigenvalue weighted by molar-refractivity contribution is 7.99. The highest BCUT2D eigenvalue weighted by Crippen LogP contribution is 2.29. The average Bonchev–Trinajstić information content (AvgIpc) is 2.94. The number of thioether (sulfide) groups is 1. The van der Waals surface area contributed by atoms with Gasteiger partial charge in [0.05, 0.1) is 10.8 Å². The summed E-state index contributed by atoms with van der Waals surface area (Å²) >= 11 is 7.68. The Labute approximate surface area is 157 Å². The van der Waals surface area contributed by atoms with E-state index in [1.165, 1.54) is 18.2 Å². The zero-order valence-corrected chi connectivity index (χ0v) is 16.3. The topological polar surface area (TPSA) is 51.0 Å². The van der Waals surface area contributed by atoms with Crippen LogP contribution in [0.1, 0.15) is 33.1 Å². The quantitative estimate of drug-likeness (QED) is 0.754. The Kier molecular flexibility index (Phi) is 5.69. The molecule has 0 bridgehead atoms. The fourth-order valence-corrected chi connectivity index (χ4v) is 4.43. The Morgan fingerprint density at radius 3 is 2.60 bits per heavy atom. The van der Waals surface area contributed by atoms with Gasteiger partial charge in [0.25, 0.3) is 0 Å². The summed E-state index contributed by atoms with van der Waals surface area (Å²) in [6.45, 7) is 4.27. The molecule has 25 heavy (non-hydrogen) atoms. The summed E-state index contributed by atoms with van der Waals surface area (Å²) in [5, 5.41) is 9.85. The van der Waals surface area contributed by atoms with E-state index in [1.807, 2.05) is 40.8 Å². The van der Waals surface area contributed by atoms with Crippen molar-refractivity contribution in [2.75, 3.05) is 5.75 Å². The minimum Gasteiger partial charge on any atom is -0.337 e. The van der Waals surface area contributed by atoms with Crippen molar-refractivity contribution in [1.82, 2.24) is 19.7 Å². The fourth-order valence-electron chi connectivity index (χ4n) is 3.43. The van der Waals surface area contributed by atoms with Crippen molar-refractivity contribution in [2.45, 2.75) is 50.4 Å². The van der Waals surface area contributed by atoms with Crippen LogP contribution in [0.15, 0.2) is 29.4 Å². The van der Waals surface area contributed by atoms with E-state index < -0.39 is 0 Å². The second-order valence-corrected chi connectivity index (χ2v) is 7.91. The normalized spacial score (nSPS) is 20.7. The Morgan fingerprint density at radius 1 is 1.24 bits per heavy atom. The molecule has 134 valence electrons. The molecule has 0 radical (unpaired) electrons. The molecule has 1 fully saturated rings. The Balaban J connectivity index is 1.70. The zero-order chi connectivity index (χ0) is 18.0. The van der Waals surface area contributed by atoms with Crippen LogP contribution < -0.4 is 0 Å². The summed E-state index contributed by atoms with van der Waals surface area (Å²) < 4.78 is 1.89. The number of hydrogen-bond acceptors (Lipinski definition) is 4. The van der Waals surface area contributed by atoms with Crippen molar-refractivity contribution in [1.29, 1.82) is 0 Å². The van der Waals surface area contributed by atoms with Crippen LogP contribution in [0.3, 0.4) is 0 Å². The summed E-state index contributed by atoms with van der Waals surface area (Å²) in [5.74, 6) is 1.26. The number of rotatable bonds is 4. The van der Waals surface area contributed by atoms with Crippen molar-refractivity contribution in [3.63, 3.8) is 0 Å². The van der Waals surface area contributed by atoms with E-state index in [0.717, 1.165) is 23.6 Å². The number of benzene rings is 1. The van der Waals surface area contributed by atoms with E-state index in [1.54, 1.807) is 0 Å². The van der Waals surface area contributed by atoms with Crippen LogP contribution in [-0.4, -0.2) is 43.4 Å². The summed E-state index contributed by atoms with van der Waals surface area (Å²) in [7, 11) is 1.90. The number of carbonyl (C=O) groups excluding carboxylic acids is 1. The second kappa shape index (κ2) is 7.79. The van der Waals surface area contributed by atoms with Crippen molar-refractivity contribution in [2.24, 2.45) is 7.05 Å². The smallest absolute Gasteiger partial charge is 0.233 e. The largest absolute Gasteiger partial charge is 0.337 e. The first-order valence-corrected chi connectivity index (χ1v) is 9.93. The molecule has 7 heteroatoms. The number of halogens is 1. The predicted octanol–water partition coefficient (Wildman–Crippen LogP) is 4.02. The second-order valence-electron chi connectivity index (χ2n) is 6.56. The van der Waals surface area contributed by atoms with Crippen LogP contribution in [-0.2, 0) is 11.8 Å². The molecule has 0 spiro atoms. The van der Waals surface area contributed by atoms with Crippen molar-refractivity contribution in [3.05, 3.63) is 29.3 Å². The molecule has 2 heterocycles. The summed E-state index contributed by atoms with van der Waals surface area (Å²) in [5.41, 5.74) is 0.843. The molecule has 1 aromatic heterocycles. The lowest BCUT2D eigenvalue weighted by atomic mass is 9.98. The number of aromatic nitrogens is 3. The maximum Gasteiger partial charge on any atom is 0.233 e. The van der Waals surface area contributed by atoms with E-state index >= 15 is 0 Å². The highest BCUT2D eigenvalue weighted by Gasteiger charge is 2.29. The zero-order valence-electron chi connectivity index (χ0n) is 14.8. The van der Waals surface area contributed by atoms with Gasteiger partial charge in [0.1, 0.15) is 0 Å². The number of hydrogen-bond donors (Lipinski definition) is 0. The van der Waals surface area contributed by atoms with E-state index in [0.29, 0.717) is 28.7 Å². The summed E-state index contributed by atoms with van der Waals surface area (Å²) in [6.07, 6.45) is 3.37. The minimum atomic E-state index is 0.173. The lowest BCUT2D eigenvalue weighted by Crippen LogP contribution is -2.48. The molecule has 0 saturated carbocycles. The first kappa shape index (κ1) is 18.3. The molecular weight excluding hydrogens is 356 g/mol. The van der Waals surface area contributed by atoms with Crippen LogP contribution >= 0.6 is 23.4 Å². The number of amides is 1. The van der Waals surface area contributed by atoms with Gasteiger partial charge in [0.15, 0.2) is 11.0 Å². The SMILES string of the molecule is C[C@@H]1CCC[C@@H](C)N1C(=O)CSc1nnc(-c2ccccc2Cl)n1C. The number of piperidine rings is 1. The first-order chi connectivity index (χ1) is 12.0. The maximum atomic E-state index is 12.7. The van der Waals surface area contributed by atoms with Gasteiger partial charge in [-0.3, -0.25) is 4.79 Å². The maximum absolute atomic E-state index is 12.7. The molecule has 1 saturated heterocycles. The predicted molar refractivity (Wildman–Crippen MR) is 102 cm³/mol. The summed E-state index contributed by atoms with van der Waals surface area (Å²) in [4.78, 5) is 14.7. The van der Waals surface area contributed by atoms with E-state index in [4.69, 9.17) is 11.6 Å². The molecule has 1 aromatic carbocycles. The van der Waals surface area contributed by atoms with Crippen LogP contribution in [0.25, 0.3) is 11.4 Å². The lowest BCUT2D eigenvalue weighted by molar-refractivity contribution is -0.134. The van der Waals surface area contributed by atoms with E-state index in [2.05, 4.69) is 24.0 Å². The highest BCUT2D eigenvalue weighted by atomic mass is 35.5. The van der Waals surface area contributed by atoms with Gasteiger partial charge < -0.3 is 9.47 Å². The van der Waals surface area contributed by atoms with E-state index in [9.17, 15) is 4.79 Å². The third kappa shape index (κ3) is 3.85. The molecule has 2 aromatic rings. The number of likely N-dealkylation sites (tertiary alicyclic amines) is 1. The number of nitrogens with zero attached hydrogens (tertiary/aromatic N) is 4. The standard InChI is InChI=1S/C18H23ClN4OS/c1-12-7-6-8-13(2)23(12)16(24)11-25-18-21-20-17(22(18)3)14-9-4-5-10-15(14)19/h4-5,9-10,12-13H,6-8,11H2,1-3H3/t12-,13-/m1/s1. The van der Waals surface area contributed by atoms with Crippen molar-refractivity contribution >= 4 is 29.3 Å². The van der Waals surface area contributed by atoms with Gasteiger partial charge in [0, 0.05) is 24.7 Å². The van der Waals surface area contributed by atoms with Gasteiger partial charge in [-0.05, 0) is 45.2 Å². The van der Waals surface area contributed by atoms with Crippen LogP contribution in [0.4, 0.5) is 0 Å². The van der Waals surface area contributed by atoms with Gasteiger partial charge in [-0.1, -0.05) is 35.5 Å². The first-order valence-electron chi connectivity index (χ1n) is 8.57. The molecule has 0 N–H and O–H groups in total. The van der Waals surface area contributed by atoms with Gasteiger partial charge >= 0.3 is 0 Å². The minimum absolute atomic E-state index is 0.173. The molecular formula is C18H23ClN4OS. The van der Waals surface area contributed by atoms with Crippen LogP contribution in [0, 0.1) is 0 Å². The van der Waals surface area contributed by atoms with Gasteiger partial charge in [0.2, 0.25) is 5.91 Å². The molecule has 1 aliphatic heterocycles. The molecule has 0 unspecified atom stereocenters. The Morgan fingerprint density at radius 2 is 1.92 bits per heavy atom. The van der Waals surface area contributed by atoms with E-state index in [-0.39, 0.29) is 5.91 Å². The molecule has 1 aliphatic rings. The van der Waals surface area contributed by atoms with Crippen molar-refractivity contribution < 1.29 is 4.79 Å². The number of carbonyl (C=O) groups is 1. The Bertz CT molecular complexity index is 753.